The van der Waals surface area contributed by atoms with Gasteiger partial charge in [0, 0.05) is 5.57 Å². The van der Waals surface area contributed by atoms with Crippen molar-refractivity contribution in [3.63, 3.8) is 0 Å². The summed E-state index contributed by atoms with van der Waals surface area (Å²) in [5.74, 6) is 0. The fraction of sp³-hybridized carbons (Fsp3) is 0.667. The van der Waals surface area contributed by atoms with Crippen LogP contribution in [0, 0.1) is 11.3 Å². The number of hydrogen-bond acceptors (Lipinski definition) is 1. The zero-order valence-corrected chi connectivity index (χ0v) is 6.85. The molecule has 0 aliphatic rings. The van der Waals surface area contributed by atoms with E-state index in [0.717, 1.165) is 31.3 Å². The smallest absolute Gasteiger partial charge is 0.0943 e. The Bertz CT molecular complexity index is 139. The van der Waals surface area contributed by atoms with Gasteiger partial charge in [0.25, 0.3) is 0 Å². The van der Waals surface area contributed by atoms with Crippen LogP contribution in [-0.4, -0.2) is 0 Å². The monoisotopic (exact) mass is 137 g/mol. The van der Waals surface area contributed by atoms with E-state index < -0.39 is 0 Å². The second kappa shape index (κ2) is 6.35. The largest absolute Gasteiger partial charge is 0.193 e. The molecule has 1 nitrogen and oxygen atoms in total. The van der Waals surface area contributed by atoms with Crippen molar-refractivity contribution in [2.75, 3.05) is 0 Å². The first kappa shape index (κ1) is 9.23. The van der Waals surface area contributed by atoms with Crippen LogP contribution in [0.3, 0.4) is 0 Å². The van der Waals surface area contributed by atoms with E-state index in [1.807, 2.05) is 6.08 Å². The first-order valence-electron chi connectivity index (χ1n) is 3.94. The minimum Gasteiger partial charge on any atom is -0.193 e. The van der Waals surface area contributed by atoms with Crippen LogP contribution in [0.15, 0.2) is 11.6 Å². The molecule has 0 saturated carbocycles. The van der Waals surface area contributed by atoms with Crippen molar-refractivity contribution in [2.45, 2.75) is 39.5 Å². The Morgan fingerprint density at radius 1 is 1.40 bits per heavy atom. The first-order valence-corrected chi connectivity index (χ1v) is 3.94. The summed E-state index contributed by atoms with van der Waals surface area (Å²) in [6.45, 7) is 4.22. The standard InChI is InChI=1S/C9H15N/c1-3-5-7-9(8-10)6-4-2/h7H,3-6H2,1-2H3/b9-7-. The van der Waals surface area contributed by atoms with Crippen molar-refractivity contribution in [3.8, 4) is 6.07 Å². The lowest BCUT2D eigenvalue weighted by Crippen LogP contribution is -1.77. The zero-order valence-electron chi connectivity index (χ0n) is 6.85. The normalized spacial score (nSPS) is 11.1. The van der Waals surface area contributed by atoms with Gasteiger partial charge in [-0.1, -0.05) is 32.8 Å². The summed E-state index contributed by atoms with van der Waals surface area (Å²) < 4.78 is 0. The average Bonchev–Trinajstić information content (AvgIpc) is 1.98. The van der Waals surface area contributed by atoms with Gasteiger partial charge in [0.05, 0.1) is 6.07 Å². The Hall–Kier alpha value is -0.770. The molecular weight excluding hydrogens is 122 g/mol. The first-order chi connectivity index (χ1) is 4.85. The predicted molar refractivity (Wildman–Crippen MR) is 43.5 cm³/mol. The van der Waals surface area contributed by atoms with E-state index in [4.69, 9.17) is 5.26 Å². The van der Waals surface area contributed by atoms with Crippen LogP contribution in [-0.2, 0) is 0 Å². The molecule has 0 amide bonds. The summed E-state index contributed by atoms with van der Waals surface area (Å²) in [6, 6.07) is 2.20. The van der Waals surface area contributed by atoms with Gasteiger partial charge in [-0.2, -0.15) is 5.26 Å². The summed E-state index contributed by atoms with van der Waals surface area (Å²) in [6.07, 6.45) is 6.24. The SMILES string of the molecule is CCC/C=C(\C#N)CCC. The highest BCUT2D eigenvalue weighted by molar-refractivity contribution is 5.19. The molecule has 0 spiro atoms. The lowest BCUT2D eigenvalue weighted by atomic mass is 10.1. The number of rotatable bonds is 4. The number of nitrogens with zero attached hydrogens (tertiary/aromatic N) is 1. The quantitative estimate of drug-likeness (QED) is 0.546. The third kappa shape index (κ3) is 4.14. The van der Waals surface area contributed by atoms with E-state index in [2.05, 4.69) is 19.9 Å². The summed E-state index contributed by atoms with van der Waals surface area (Å²) in [5, 5.41) is 8.57. The molecule has 56 valence electrons. The molecule has 0 fully saturated rings. The van der Waals surface area contributed by atoms with Crippen molar-refractivity contribution in [1.82, 2.24) is 0 Å². The Morgan fingerprint density at radius 2 is 2.10 bits per heavy atom. The van der Waals surface area contributed by atoms with Crippen LogP contribution in [0.1, 0.15) is 39.5 Å². The summed E-state index contributed by atoms with van der Waals surface area (Å²) in [7, 11) is 0. The van der Waals surface area contributed by atoms with E-state index >= 15 is 0 Å². The van der Waals surface area contributed by atoms with Gasteiger partial charge in [-0.05, 0) is 12.8 Å². The third-order valence-electron chi connectivity index (χ3n) is 1.34. The van der Waals surface area contributed by atoms with Gasteiger partial charge in [-0.3, -0.25) is 0 Å². The van der Waals surface area contributed by atoms with Crippen LogP contribution >= 0.6 is 0 Å². The van der Waals surface area contributed by atoms with Crippen LogP contribution < -0.4 is 0 Å². The molecule has 0 heterocycles. The zero-order chi connectivity index (χ0) is 7.82. The van der Waals surface area contributed by atoms with Gasteiger partial charge in [-0.25, -0.2) is 0 Å². The van der Waals surface area contributed by atoms with E-state index in [1.54, 1.807) is 0 Å². The second-order valence-electron chi connectivity index (χ2n) is 2.38. The van der Waals surface area contributed by atoms with Crippen molar-refractivity contribution >= 4 is 0 Å². The molecule has 0 aliphatic carbocycles. The van der Waals surface area contributed by atoms with E-state index in [-0.39, 0.29) is 0 Å². The molecule has 0 radical (unpaired) electrons. The maximum atomic E-state index is 8.57. The molecule has 10 heavy (non-hydrogen) atoms. The van der Waals surface area contributed by atoms with Gasteiger partial charge in [-0.15, -0.1) is 0 Å². The fourth-order valence-corrected chi connectivity index (χ4v) is 0.792. The molecule has 0 unspecified atom stereocenters. The highest BCUT2D eigenvalue weighted by atomic mass is 14.2. The van der Waals surface area contributed by atoms with Crippen molar-refractivity contribution in [2.24, 2.45) is 0 Å². The molecule has 0 aromatic rings. The Morgan fingerprint density at radius 3 is 2.50 bits per heavy atom. The molecule has 0 atom stereocenters. The number of hydrogen-bond donors (Lipinski definition) is 0. The molecule has 0 aromatic carbocycles. The van der Waals surface area contributed by atoms with E-state index in [9.17, 15) is 0 Å². The summed E-state index contributed by atoms with van der Waals surface area (Å²) in [4.78, 5) is 0. The summed E-state index contributed by atoms with van der Waals surface area (Å²) >= 11 is 0. The number of unbranched alkanes of at least 4 members (excludes halogenated alkanes) is 1. The van der Waals surface area contributed by atoms with Crippen LogP contribution in [0.4, 0.5) is 0 Å². The number of nitriles is 1. The van der Waals surface area contributed by atoms with Gasteiger partial charge in [0.15, 0.2) is 0 Å². The lowest BCUT2D eigenvalue weighted by Gasteiger charge is -1.92. The fourth-order valence-electron chi connectivity index (χ4n) is 0.792. The highest BCUT2D eigenvalue weighted by Crippen LogP contribution is 2.04. The molecule has 0 N–H and O–H groups in total. The van der Waals surface area contributed by atoms with Gasteiger partial charge < -0.3 is 0 Å². The van der Waals surface area contributed by atoms with Crippen LogP contribution in [0.5, 0.6) is 0 Å². The minimum absolute atomic E-state index is 0.941. The molecular formula is C9H15N. The average molecular weight is 137 g/mol. The van der Waals surface area contributed by atoms with Gasteiger partial charge >= 0.3 is 0 Å². The van der Waals surface area contributed by atoms with Gasteiger partial charge in [0.2, 0.25) is 0 Å². The Kier molecular flexibility index (Phi) is 5.86. The van der Waals surface area contributed by atoms with Crippen LogP contribution in [0.25, 0.3) is 0 Å². The summed E-state index contributed by atoms with van der Waals surface area (Å²) in [5.41, 5.74) is 0.948. The predicted octanol–water partition coefficient (Wildman–Crippen LogP) is 3.04. The topological polar surface area (TPSA) is 23.8 Å². The molecule has 0 aromatic heterocycles. The van der Waals surface area contributed by atoms with E-state index in [1.165, 1.54) is 0 Å². The Balaban J connectivity index is 3.70. The molecule has 0 rings (SSSR count). The highest BCUT2D eigenvalue weighted by Gasteiger charge is 1.90. The van der Waals surface area contributed by atoms with Gasteiger partial charge in [0.1, 0.15) is 0 Å². The van der Waals surface area contributed by atoms with Crippen LogP contribution in [0.2, 0.25) is 0 Å². The van der Waals surface area contributed by atoms with E-state index in [0.29, 0.717) is 0 Å². The maximum absolute atomic E-state index is 8.57. The minimum atomic E-state index is 0.941. The van der Waals surface area contributed by atoms with Crippen molar-refractivity contribution < 1.29 is 0 Å². The Labute approximate surface area is 63.4 Å². The molecule has 0 saturated heterocycles. The molecule has 1 heteroatoms. The maximum Gasteiger partial charge on any atom is 0.0943 e. The third-order valence-corrected chi connectivity index (χ3v) is 1.34. The molecule has 0 aliphatic heterocycles. The van der Waals surface area contributed by atoms with Crippen molar-refractivity contribution in [3.05, 3.63) is 11.6 Å². The molecule has 0 bridgehead atoms. The second-order valence-corrected chi connectivity index (χ2v) is 2.38. The lowest BCUT2D eigenvalue weighted by molar-refractivity contribution is 0.897. The van der Waals surface area contributed by atoms with Crippen molar-refractivity contribution in [1.29, 1.82) is 5.26 Å². The number of allylic oxidation sites excluding steroid dienone is 2.